The number of fused-ring (bicyclic) bond motifs is 1. The SMILES string of the molecule is CC(C)(CO)C(=O)SCCOP1(=O)OCOC2[C@@H](CO1)O[C@@H](n1ccc(=O)[nH]c1=O)C2(C)F. The quantitative estimate of drug-likeness (QED) is 0.396. The molecule has 0 spiro atoms. The molecular weight excluding hydrogens is 486 g/mol. The molecule has 2 fully saturated rings. The molecule has 0 bridgehead atoms. The van der Waals surface area contributed by atoms with Gasteiger partial charge in [0.15, 0.2) is 23.8 Å². The van der Waals surface area contributed by atoms with E-state index < -0.39 is 62.0 Å². The van der Waals surface area contributed by atoms with E-state index >= 15 is 4.39 Å². The summed E-state index contributed by atoms with van der Waals surface area (Å²) in [4.78, 5) is 37.4. The van der Waals surface area contributed by atoms with Crippen molar-refractivity contribution in [1.82, 2.24) is 9.55 Å². The van der Waals surface area contributed by atoms with Crippen LogP contribution < -0.4 is 11.2 Å². The first-order valence-corrected chi connectivity index (χ1v) is 12.4. The van der Waals surface area contributed by atoms with Gasteiger partial charge in [-0.15, -0.1) is 0 Å². The summed E-state index contributed by atoms with van der Waals surface area (Å²) < 4.78 is 55.8. The molecule has 33 heavy (non-hydrogen) atoms. The maximum absolute atomic E-state index is 15.6. The molecule has 0 aliphatic carbocycles. The summed E-state index contributed by atoms with van der Waals surface area (Å²) in [5, 5.41) is 8.96. The number of phosphoric acid groups is 1. The van der Waals surface area contributed by atoms with Crippen molar-refractivity contribution in [2.75, 3.05) is 32.4 Å². The van der Waals surface area contributed by atoms with Gasteiger partial charge < -0.3 is 14.6 Å². The number of ether oxygens (including phenoxy) is 2. The van der Waals surface area contributed by atoms with Crippen molar-refractivity contribution >= 4 is 24.7 Å². The molecule has 12 nitrogen and oxygen atoms in total. The summed E-state index contributed by atoms with van der Waals surface area (Å²) in [5.74, 6) is 0.127. The third-order valence-electron chi connectivity index (χ3n) is 5.15. The Morgan fingerprint density at radius 1 is 1.45 bits per heavy atom. The number of halogens is 1. The van der Waals surface area contributed by atoms with Gasteiger partial charge in [0.1, 0.15) is 12.2 Å². The molecule has 2 aliphatic rings. The fourth-order valence-corrected chi connectivity index (χ4v) is 5.20. The number of hydrogen-bond acceptors (Lipinski definition) is 11. The summed E-state index contributed by atoms with van der Waals surface area (Å²) in [6.45, 7) is 2.80. The van der Waals surface area contributed by atoms with E-state index in [1.54, 1.807) is 13.8 Å². The third kappa shape index (κ3) is 5.82. The summed E-state index contributed by atoms with van der Waals surface area (Å²) in [6.07, 6.45) is -2.64. The van der Waals surface area contributed by atoms with Gasteiger partial charge in [-0.3, -0.25) is 32.7 Å². The number of rotatable bonds is 7. The maximum Gasteiger partial charge on any atom is 0.477 e. The van der Waals surface area contributed by atoms with Gasteiger partial charge in [-0.25, -0.2) is 13.8 Å². The topological polar surface area (TPSA) is 155 Å². The van der Waals surface area contributed by atoms with Crippen LogP contribution in [0.4, 0.5) is 4.39 Å². The average Bonchev–Trinajstić information content (AvgIpc) is 2.98. The van der Waals surface area contributed by atoms with Crippen molar-refractivity contribution < 1.29 is 41.9 Å². The number of carbonyl (C=O) groups is 1. The molecule has 2 aliphatic heterocycles. The van der Waals surface area contributed by atoms with E-state index in [0.29, 0.717) is 0 Å². The van der Waals surface area contributed by atoms with Crippen LogP contribution in [0.15, 0.2) is 21.9 Å². The van der Waals surface area contributed by atoms with E-state index in [1.165, 1.54) is 6.92 Å². The normalized spacial score (nSPS) is 32.7. The predicted molar refractivity (Wildman–Crippen MR) is 113 cm³/mol. The van der Waals surface area contributed by atoms with Gasteiger partial charge in [-0.1, -0.05) is 11.8 Å². The van der Waals surface area contributed by atoms with Gasteiger partial charge >= 0.3 is 13.5 Å². The number of hydrogen-bond donors (Lipinski definition) is 2. The fraction of sp³-hybridized carbons (Fsp3) is 0.722. The van der Waals surface area contributed by atoms with Crippen LogP contribution in [0.3, 0.4) is 0 Å². The third-order valence-corrected chi connectivity index (χ3v) is 7.72. The lowest BCUT2D eigenvalue weighted by Gasteiger charge is -2.30. The zero-order chi connectivity index (χ0) is 24.4. The van der Waals surface area contributed by atoms with Gasteiger partial charge in [0.2, 0.25) is 0 Å². The number of aliphatic hydroxyl groups excluding tert-OH is 1. The molecule has 3 heterocycles. The van der Waals surface area contributed by atoms with E-state index in [0.717, 1.165) is 28.6 Å². The largest absolute Gasteiger partial charge is 0.477 e. The van der Waals surface area contributed by atoms with Crippen LogP contribution >= 0.6 is 19.6 Å². The molecule has 0 radical (unpaired) electrons. The minimum Gasteiger partial charge on any atom is -0.395 e. The standard InChI is InChI=1S/C18H26FN2O10PS/c1-17(2,9-22)15(24)33-7-6-28-32(26)29-8-11-13(27-10-30-32)18(3,19)14(31-11)21-5-4-12(23)20-16(21)25/h4-5,11,13-14,22H,6-10H2,1-3H3,(H,20,23,25)/t11-,13?,14-,18?,32?/m1/s1. The fourth-order valence-electron chi connectivity index (χ4n) is 3.21. The lowest BCUT2D eigenvalue weighted by Crippen LogP contribution is -2.46. The van der Waals surface area contributed by atoms with Gasteiger partial charge in [0.25, 0.3) is 5.56 Å². The van der Waals surface area contributed by atoms with Crippen LogP contribution in [0.1, 0.15) is 27.0 Å². The molecule has 5 atom stereocenters. The molecule has 2 N–H and O–H groups in total. The Balaban J connectivity index is 1.62. The second kappa shape index (κ2) is 10.1. The number of phosphoric ester groups is 1. The Kier molecular flexibility index (Phi) is 8.01. The highest BCUT2D eigenvalue weighted by Crippen LogP contribution is 2.53. The van der Waals surface area contributed by atoms with Crippen LogP contribution in [0.25, 0.3) is 0 Å². The Morgan fingerprint density at radius 3 is 2.85 bits per heavy atom. The molecule has 186 valence electrons. The van der Waals surface area contributed by atoms with Crippen LogP contribution in [0.2, 0.25) is 0 Å². The first kappa shape index (κ1) is 26.2. The van der Waals surface area contributed by atoms with E-state index in [1.807, 2.05) is 4.98 Å². The van der Waals surface area contributed by atoms with Crippen LogP contribution in [0, 0.1) is 5.41 Å². The number of thioether (sulfide) groups is 1. The highest BCUT2D eigenvalue weighted by Gasteiger charge is 2.58. The van der Waals surface area contributed by atoms with Crippen LogP contribution in [-0.4, -0.2) is 70.0 Å². The minimum atomic E-state index is -4.11. The Labute approximate surface area is 192 Å². The Bertz CT molecular complexity index is 1030. The van der Waals surface area contributed by atoms with Crippen molar-refractivity contribution in [2.45, 2.75) is 44.9 Å². The van der Waals surface area contributed by atoms with Crippen molar-refractivity contribution in [3.05, 3.63) is 33.1 Å². The minimum absolute atomic E-state index is 0.127. The number of aromatic nitrogens is 2. The second-order valence-electron chi connectivity index (χ2n) is 8.28. The average molecular weight is 512 g/mol. The van der Waals surface area contributed by atoms with Crippen molar-refractivity contribution in [3.8, 4) is 0 Å². The van der Waals surface area contributed by atoms with E-state index in [-0.39, 0.29) is 24.1 Å². The number of H-pyrrole nitrogens is 1. The van der Waals surface area contributed by atoms with E-state index in [9.17, 15) is 24.1 Å². The number of nitrogens with one attached hydrogen (secondary N) is 1. The van der Waals surface area contributed by atoms with Crippen LogP contribution in [-0.2, 0) is 32.4 Å². The number of aliphatic hydroxyl groups is 1. The predicted octanol–water partition coefficient (Wildman–Crippen LogP) is 0.955. The van der Waals surface area contributed by atoms with Gasteiger partial charge in [-0.2, -0.15) is 0 Å². The number of aromatic amines is 1. The summed E-state index contributed by atoms with van der Waals surface area (Å²) in [6, 6.07) is 1.05. The first-order valence-electron chi connectivity index (χ1n) is 9.99. The zero-order valence-electron chi connectivity index (χ0n) is 18.2. The highest BCUT2D eigenvalue weighted by atomic mass is 32.2. The number of carbonyl (C=O) groups excluding carboxylic acids is 1. The molecule has 0 amide bonds. The lowest BCUT2D eigenvalue weighted by molar-refractivity contribution is -0.129. The van der Waals surface area contributed by atoms with E-state index in [2.05, 4.69) is 0 Å². The summed E-state index contributed by atoms with van der Waals surface area (Å²) in [5.41, 5.74) is -4.66. The molecule has 0 saturated carbocycles. The molecule has 15 heteroatoms. The van der Waals surface area contributed by atoms with Gasteiger partial charge in [0, 0.05) is 18.0 Å². The molecule has 3 rings (SSSR count). The maximum atomic E-state index is 15.6. The van der Waals surface area contributed by atoms with Crippen molar-refractivity contribution in [1.29, 1.82) is 0 Å². The van der Waals surface area contributed by atoms with Crippen molar-refractivity contribution in [3.63, 3.8) is 0 Å². The molecular formula is C18H26FN2O10PS. The number of alkyl halides is 1. The van der Waals surface area contributed by atoms with E-state index in [4.69, 9.17) is 23.0 Å². The van der Waals surface area contributed by atoms with Crippen LogP contribution in [0.5, 0.6) is 0 Å². The molecule has 2 saturated heterocycles. The van der Waals surface area contributed by atoms with Gasteiger partial charge in [0.05, 0.1) is 25.2 Å². The molecule has 1 aromatic heterocycles. The monoisotopic (exact) mass is 512 g/mol. The number of nitrogens with zero attached hydrogens (tertiary/aromatic N) is 1. The lowest BCUT2D eigenvalue weighted by atomic mass is 9.97. The summed E-state index contributed by atoms with van der Waals surface area (Å²) >= 11 is 0.901. The van der Waals surface area contributed by atoms with Crippen molar-refractivity contribution in [2.24, 2.45) is 5.41 Å². The highest BCUT2D eigenvalue weighted by molar-refractivity contribution is 8.13. The Morgan fingerprint density at radius 2 is 2.18 bits per heavy atom. The second-order valence-corrected chi connectivity index (χ2v) is 11.0. The smallest absolute Gasteiger partial charge is 0.395 e. The molecule has 3 unspecified atom stereocenters. The van der Waals surface area contributed by atoms with Gasteiger partial charge in [-0.05, 0) is 20.8 Å². The summed E-state index contributed by atoms with van der Waals surface area (Å²) in [7, 11) is -4.11. The molecule has 0 aromatic carbocycles. The first-order chi connectivity index (χ1) is 15.4. The molecule has 1 aromatic rings. The Hall–Kier alpha value is -1.38. The zero-order valence-corrected chi connectivity index (χ0v) is 19.9.